The van der Waals surface area contributed by atoms with E-state index in [1.54, 1.807) is 11.8 Å². The van der Waals surface area contributed by atoms with E-state index in [-0.39, 0.29) is 0 Å². The maximum absolute atomic E-state index is 12.8. The first-order valence-electron chi connectivity index (χ1n) is 12.6. The van der Waals surface area contributed by atoms with Crippen LogP contribution in [0.25, 0.3) is 17.1 Å². The summed E-state index contributed by atoms with van der Waals surface area (Å²) in [6, 6.07) is 20.7. The zero-order valence-corrected chi connectivity index (χ0v) is 22.3. The van der Waals surface area contributed by atoms with E-state index in [0.717, 1.165) is 52.8 Å². The Balaban J connectivity index is 1.29. The van der Waals surface area contributed by atoms with Crippen LogP contribution in [0.3, 0.4) is 0 Å². The van der Waals surface area contributed by atoms with Crippen LogP contribution in [0.5, 0.6) is 0 Å². The molecule has 1 aliphatic heterocycles. The normalized spacial score (nSPS) is 15.5. The Kier molecular flexibility index (Phi) is 7.83. The predicted molar refractivity (Wildman–Crippen MR) is 151 cm³/mol. The summed E-state index contributed by atoms with van der Waals surface area (Å²) in [7, 11) is 0. The number of nitrogens with zero attached hydrogens (tertiary/aromatic N) is 6. The van der Waals surface area contributed by atoms with Crippen LogP contribution in [0.15, 0.2) is 89.2 Å². The number of halogens is 3. The van der Waals surface area contributed by atoms with Crippen molar-refractivity contribution in [2.24, 2.45) is 10.1 Å². The highest BCUT2D eigenvalue weighted by atomic mass is 32.2. The summed E-state index contributed by atoms with van der Waals surface area (Å²) in [5.74, 6) is 1.87. The number of hydrogen-bond acceptors (Lipinski definition) is 5. The second-order valence-corrected chi connectivity index (χ2v) is 10.4. The summed E-state index contributed by atoms with van der Waals surface area (Å²) in [6.07, 6.45) is -0.0517. The first-order valence-corrected chi connectivity index (χ1v) is 13.6. The minimum Gasteiger partial charge on any atom is -0.242 e. The molecular formula is C29H27F3N6S. The lowest BCUT2D eigenvalue weighted by molar-refractivity contribution is -0.137. The monoisotopic (exact) mass is 548 g/mol. The molecule has 2 heterocycles. The average Bonchev–Trinajstić information content (AvgIpc) is 3.43. The lowest BCUT2D eigenvalue weighted by Gasteiger charge is -2.25. The largest absolute Gasteiger partial charge is 0.416 e. The highest BCUT2D eigenvalue weighted by Crippen LogP contribution is 2.31. The first-order chi connectivity index (χ1) is 18.8. The minimum atomic E-state index is -4.38. The number of hydrogen-bond donors (Lipinski definition) is 0. The van der Waals surface area contributed by atoms with Gasteiger partial charge in [-0.15, -0.1) is 5.10 Å². The van der Waals surface area contributed by atoms with Crippen molar-refractivity contribution in [3.05, 3.63) is 95.8 Å². The fourth-order valence-corrected chi connectivity index (χ4v) is 5.01. The molecule has 0 radical (unpaired) electrons. The number of rotatable bonds is 6. The van der Waals surface area contributed by atoms with Gasteiger partial charge in [0.05, 0.1) is 23.2 Å². The Morgan fingerprint density at radius 1 is 0.974 bits per heavy atom. The number of amidine groups is 1. The topological polar surface area (TPSA) is 58.7 Å². The van der Waals surface area contributed by atoms with Crippen LogP contribution in [-0.2, 0) is 6.18 Å². The quantitative estimate of drug-likeness (QED) is 0.234. The van der Waals surface area contributed by atoms with Crippen LogP contribution < -0.4 is 0 Å². The molecule has 6 nitrogen and oxygen atoms in total. The molecule has 0 amide bonds. The highest BCUT2D eigenvalue weighted by Gasteiger charge is 2.30. The van der Waals surface area contributed by atoms with Gasteiger partial charge in [0.25, 0.3) is 0 Å². The number of hydrazone groups is 1. The van der Waals surface area contributed by atoms with Crippen LogP contribution >= 0.6 is 11.8 Å². The summed E-state index contributed by atoms with van der Waals surface area (Å²) in [5, 5.41) is 12.0. The molecule has 0 spiro atoms. The number of aromatic nitrogens is 3. The maximum atomic E-state index is 12.8. The third-order valence-corrected chi connectivity index (χ3v) is 7.26. The molecule has 1 aliphatic rings. The van der Waals surface area contributed by atoms with E-state index >= 15 is 0 Å². The molecule has 0 saturated carbocycles. The van der Waals surface area contributed by atoms with E-state index in [1.165, 1.54) is 28.7 Å². The van der Waals surface area contributed by atoms with Crippen molar-refractivity contribution in [3.63, 3.8) is 0 Å². The van der Waals surface area contributed by atoms with Crippen molar-refractivity contribution in [1.29, 1.82) is 0 Å². The zero-order valence-electron chi connectivity index (χ0n) is 21.5. The van der Waals surface area contributed by atoms with Gasteiger partial charge in [-0.2, -0.15) is 18.3 Å². The van der Waals surface area contributed by atoms with Crippen molar-refractivity contribution >= 4 is 28.8 Å². The van der Waals surface area contributed by atoms with Crippen LogP contribution in [0.1, 0.15) is 42.9 Å². The Morgan fingerprint density at radius 2 is 1.72 bits per heavy atom. The van der Waals surface area contributed by atoms with Gasteiger partial charge in [-0.3, -0.25) is 0 Å². The Bertz CT molecular complexity index is 1470. The molecule has 0 aliphatic carbocycles. The SMILES string of the molecule is CC(C)c1ccccc1N=C1SCCCN1N=Cc1ccc(-c2ncn(-c3ccc(C(F)(F)F)cc3)n2)cc1. The lowest BCUT2D eigenvalue weighted by atomic mass is 10.0. The fraction of sp³-hybridized carbons (Fsp3) is 0.241. The number of aliphatic imine (C=N–C) groups is 1. The second-order valence-electron chi connectivity index (χ2n) is 9.36. The van der Waals surface area contributed by atoms with E-state index < -0.39 is 11.7 Å². The molecule has 10 heteroatoms. The average molecular weight is 549 g/mol. The van der Waals surface area contributed by atoms with Crippen molar-refractivity contribution in [2.75, 3.05) is 12.3 Å². The van der Waals surface area contributed by atoms with Gasteiger partial charge in [0.1, 0.15) is 6.33 Å². The smallest absolute Gasteiger partial charge is 0.242 e. The fourth-order valence-electron chi connectivity index (χ4n) is 4.10. The van der Waals surface area contributed by atoms with Gasteiger partial charge in [0.15, 0.2) is 11.0 Å². The Morgan fingerprint density at radius 3 is 2.44 bits per heavy atom. The van der Waals surface area contributed by atoms with E-state index in [0.29, 0.717) is 17.4 Å². The summed E-state index contributed by atoms with van der Waals surface area (Å²) in [5.41, 5.74) is 3.69. The lowest BCUT2D eigenvalue weighted by Crippen LogP contribution is -2.29. The van der Waals surface area contributed by atoms with Crippen molar-refractivity contribution in [2.45, 2.75) is 32.4 Å². The minimum absolute atomic E-state index is 0.380. The molecule has 0 bridgehead atoms. The molecule has 3 aromatic carbocycles. The van der Waals surface area contributed by atoms with Crippen LogP contribution in [0.4, 0.5) is 18.9 Å². The summed E-state index contributed by atoms with van der Waals surface area (Å²) >= 11 is 1.71. The number of alkyl halides is 3. The molecule has 0 atom stereocenters. The Labute approximate surface area is 229 Å². The van der Waals surface area contributed by atoms with Crippen molar-refractivity contribution < 1.29 is 13.2 Å². The highest BCUT2D eigenvalue weighted by molar-refractivity contribution is 8.13. The molecule has 1 aromatic heterocycles. The standard InChI is InChI=1S/C29H27F3N6S/c1-20(2)25-6-3-4-7-26(25)35-28-37(16-5-17-39-28)34-18-21-8-10-22(11-9-21)27-33-19-38(36-27)24-14-12-23(13-15-24)29(30,31)32/h3-4,6-15,18-20H,5,16-17H2,1-2H3. The van der Waals surface area contributed by atoms with Gasteiger partial charge < -0.3 is 0 Å². The summed E-state index contributed by atoms with van der Waals surface area (Å²) < 4.78 is 40.0. The number of para-hydroxylation sites is 1. The first kappa shape index (κ1) is 26.7. The van der Waals surface area contributed by atoms with Gasteiger partial charge >= 0.3 is 6.18 Å². The maximum Gasteiger partial charge on any atom is 0.416 e. The molecule has 0 unspecified atom stereocenters. The number of thioether (sulfide) groups is 1. The van der Waals surface area contributed by atoms with Crippen LogP contribution in [-0.4, -0.2) is 43.5 Å². The number of benzene rings is 3. The van der Waals surface area contributed by atoms with Crippen LogP contribution in [0, 0.1) is 0 Å². The van der Waals surface area contributed by atoms with Crippen molar-refractivity contribution in [3.8, 4) is 17.1 Å². The van der Waals surface area contributed by atoms with Gasteiger partial charge in [-0.05, 0) is 53.8 Å². The van der Waals surface area contributed by atoms with Gasteiger partial charge in [0, 0.05) is 17.9 Å². The third-order valence-electron chi connectivity index (χ3n) is 6.21. The molecule has 39 heavy (non-hydrogen) atoms. The van der Waals surface area contributed by atoms with Crippen molar-refractivity contribution in [1.82, 2.24) is 19.8 Å². The third kappa shape index (κ3) is 6.39. The second kappa shape index (κ2) is 11.4. The van der Waals surface area contributed by atoms with E-state index in [1.807, 2.05) is 53.7 Å². The molecular weight excluding hydrogens is 521 g/mol. The summed E-state index contributed by atoms with van der Waals surface area (Å²) in [4.78, 5) is 9.27. The molecule has 1 saturated heterocycles. The summed E-state index contributed by atoms with van der Waals surface area (Å²) in [6.45, 7) is 5.14. The van der Waals surface area contributed by atoms with Crippen LogP contribution in [0.2, 0.25) is 0 Å². The van der Waals surface area contributed by atoms with Gasteiger partial charge in [-0.1, -0.05) is 68.1 Å². The van der Waals surface area contributed by atoms with E-state index in [9.17, 15) is 13.2 Å². The molecule has 200 valence electrons. The molecule has 4 aromatic rings. The van der Waals surface area contributed by atoms with Gasteiger partial charge in [0.2, 0.25) is 0 Å². The Hall–Kier alpha value is -3.92. The van der Waals surface area contributed by atoms with Gasteiger partial charge in [-0.25, -0.2) is 19.7 Å². The van der Waals surface area contributed by atoms with E-state index in [2.05, 4.69) is 30.0 Å². The molecule has 1 fully saturated rings. The molecule has 5 rings (SSSR count). The zero-order chi connectivity index (χ0) is 27.4. The predicted octanol–water partition coefficient (Wildman–Crippen LogP) is 7.54. The van der Waals surface area contributed by atoms with E-state index in [4.69, 9.17) is 10.1 Å². The molecule has 0 N–H and O–H groups in total.